The number of alkyl carbamates (subject to hydrolysis) is 1. The third-order valence-electron chi connectivity index (χ3n) is 12.2. The number of nitrogens with one attached hydrogen (secondary N) is 2. The minimum Gasteiger partial charge on any atom is -0.480 e. The predicted molar refractivity (Wildman–Crippen MR) is 307 cm³/mol. The van der Waals surface area contributed by atoms with E-state index in [1.165, 1.54) is 43.2 Å². The molecule has 0 fully saturated rings. The van der Waals surface area contributed by atoms with Crippen molar-refractivity contribution in [3.8, 4) is 0 Å². The molecular formula is C53H104N2O16S4. The largest absolute Gasteiger partial charge is 0.480 e. The van der Waals surface area contributed by atoms with Gasteiger partial charge in [-0.3, -0.25) is 4.79 Å². The first-order chi connectivity index (χ1) is 36.5. The van der Waals surface area contributed by atoms with Crippen LogP contribution in [0.15, 0.2) is 0 Å². The van der Waals surface area contributed by atoms with Gasteiger partial charge in [0.05, 0.1) is 6.61 Å². The number of rotatable bonds is 56. The number of unbranched alkanes of at least 4 members (excludes halogenated alkanes) is 4. The number of carbonyl (C=O) groups excluding carboxylic acids is 2. The minimum absolute atomic E-state index is 0.130. The van der Waals surface area contributed by atoms with Crippen LogP contribution in [0.3, 0.4) is 0 Å². The van der Waals surface area contributed by atoms with Crippen molar-refractivity contribution in [3.63, 3.8) is 0 Å². The van der Waals surface area contributed by atoms with E-state index in [1.54, 1.807) is 42.7 Å². The number of hydrogen-bond acceptors (Lipinski definition) is 18. The molecule has 0 spiro atoms. The van der Waals surface area contributed by atoms with Crippen LogP contribution in [0.4, 0.5) is 4.79 Å². The maximum Gasteiger partial charge on any atom is 0.407 e. The highest BCUT2D eigenvalue weighted by Crippen LogP contribution is 2.23. The smallest absolute Gasteiger partial charge is 0.407 e. The van der Waals surface area contributed by atoms with Crippen molar-refractivity contribution >= 4 is 67.1 Å². The fourth-order valence-corrected chi connectivity index (χ4v) is 10.6. The van der Waals surface area contributed by atoms with Crippen molar-refractivity contribution in [2.24, 2.45) is 23.7 Å². The lowest BCUT2D eigenvalue weighted by molar-refractivity contribution is -0.141. The summed E-state index contributed by atoms with van der Waals surface area (Å²) in [5.41, 5.74) is 0. The quantitative estimate of drug-likeness (QED) is 0.0328. The van der Waals surface area contributed by atoms with E-state index in [-0.39, 0.29) is 19.0 Å². The minimum atomic E-state index is -1.06. The lowest BCUT2D eigenvalue weighted by atomic mass is 9.96. The van der Waals surface area contributed by atoms with Gasteiger partial charge in [-0.1, -0.05) is 68.9 Å². The number of hydrogen-bond donors (Lipinski definition) is 4. The van der Waals surface area contributed by atoms with E-state index in [9.17, 15) is 29.4 Å². The summed E-state index contributed by atoms with van der Waals surface area (Å²) in [7, 11) is 16.1. The first-order valence-corrected chi connectivity index (χ1v) is 32.6. The maximum absolute atomic E-state index is 12.1. The topological polar surface area (TPSA) is 225 Å². The van der Waals surface area contributed by atoms with Gasteiger partial charge in [0.1, 0.15) is 18.7 Å². The Bertz CT molecular complexity index is 1290. The standard InChI is InChI=1S/C27H53NO8S2.C26H51NO8S2/c1-32-15-7-5-11-23(13-9-17-34-3)19-36-20-24(12-6-8-16-33-2)14-10-18-35-21-26(29)28-25(27(30)31)22-38-37-4;1-31-15-7-5-11-22(13-9-17-33-3)19-34-20-23(12-6-8-16-32-2)14-10-18-35-26(30)27-24(25(28)29)21-37-36-4/h23-25H,5-22H2,1-4H3,(H,28,29)(H,30,31);22-24H,5-21H2,1-4H3,(H,27,30)(H,28,29). The van der Waals surface area contributed by atoms with Gasteiger partial charge in [0.2, 0.25) is 5.91 Å². The second-order valence-electron chi connectivity index (χ2n) is 18.6. The molecule has 6 atom stereocenters. The molecule has 0 saturated heterocycles. The molecule has 0 bridgehead atoms. The third kappa shape index (κ3) is 51.9. The number of carbonyl (C=O) groups is 4. The molecule has 0 aromatic carbocycles. The lowest BCUT2D eigenvalue weighted by Crippen LogP contribution is -2.44. The number of ether oxygens (including phenoxy) is 10. The summed E-state index contributed by atoms with van der Waals surface area (Å²) in [6, 6.07) is -1.87. The van der Waals surface area contributed by atoms with Crippen LogP contribution in [0.2, 0.25) is 0 Å². The summed E-state index contributed by atoms with van der Waals surface area (Å²) < 4.78 is 54.4. The van der Waals surface area contributed by atoms with Crippen molar-refractivity contribution in [3.05, 3.63) is 0 Å². The summed E-state index contributed by atoms with van der Waals surface area (Å²) in [4.78, 5) is 46.7. The summed E-state index contributed by atoms with van der Waals surface area (Å²) in [5, 5.41) is 23.4. The maximum atomic E-state index is 12.1. The molecule has 0 rings (SSSR count). The fourth-order valence-electron chi connectivity index (χ4n) is 8.01. The van der Waals surface area contributed by atoms with E-state index >= 15 is 0 Å². The van der Waals surface area contributed by atoms with Crippen LogP contribution in [-0.4, -0.2) is 199 Å². The van der Waals surface area contributed by atoms with Gasteiger partial charge in [-0.2, -0.15) is 0 Å². The summed E-state index contributed by atoms with van der Waals surface area (Å²) >= 11 is 0. The van der Waals surface area contributed by atoms with E-state index in [4.69, 9.17) is 47.4 Å². The molecule has 6 unspecified atom stereocenters. The van der Waals surface area contributed by atoms with Gasteiger partial charge in [0, 0.05) is 127 Å². The van der Waals surface area contributed by atoms with Crippen molar-refractivity contribution < 1.29 is 76.8 Å². The Balaban J connectivity index is 0. The second-order valence-corrected chi connectivity index (χ2v) is 23.9. The Labute approximate surface area is 468 Å². The van der Waals surface area contributed by atoms with Crippen molar-refractivity contribution in [1.82, 2.24) is 10.6 Å². The molecule has 18 nitrogen and oxygen atoms in total. The first kappa shape index (κ1) is 75.8. The molecule has 0 aromatic heterocycles. The predicted octanol–water partition coefficient (Wildman–Crippen LogP) is 9.94. The van der Waals surface area contributed by atoms with Crippen molar-refractivity contribution in [2.75, 3.05) is 153 Å². The molecule has 0 radical (unpaired) electrons. The van der Waals surface area contributed by atoms with Crippen LogP contribution >= 0.6 is 43.2 Å². The van der Waals surface area contributed by atoms with E-state index in [0.717, 1.165) is 181 Å². The Morgan fingerprint density at radius 3 is 1.04 bits per heavy atom. The Kier molecular flexibility index (Phi) is 59.5. The van der Waals surface area contributed by atoms with Crippen LogP contribution < -0.4 is 10.6 Å². The summed E-state index contributed by atoms with van der Waals surface area (Å²) in [6.07, 6.45) is 23.7. The molecule has 0 aliphatic heterocycles. The van der Waals surface area contributed by atoms with Gasteiger partial charge >= 0.3 is 18.0 Å². The Hall–Kier alpha value is -1.28. The normalized spacial score (nSPS) is 13.8. The summed E-state index contributed by atoms with van der Waals surface area (Å²) in [6.45, 7) is 8.16. The van der Waals surface area contributed by atoms with E-state index in [0.29, 0.717) is 49.1 Å². The zero-order valence-electron chi connectivity index (χ0n) is 47.5. The SMILES string of the molecule is COCCCCC(CCCOC)COCC(CCCCOC)CCCOC(=O)NC(CSSC)C(=O)O.COCCCCC(CCCOC)COCC(CCCCOC)CCCOCC(=O)NC(CSSC)C(=O)O. The highest BCUT2D eigenvalue weighted by atomic mass is 33.1. The average molecular weight is 1150 g/mol. The first-order valence-electron chi connectivity index (χ1n) is 27.1. The molecule has 0 saturated carbocycles. The molecule has 0 aliphatic rings. The number of amides is 2. The van der Waals surface area contributed by atoms with Crippen LogP contribution in [0.1, 0.15) is 128 Å². The molecule has 0 heterocycles. The van der Waals surface area contributed by atoms with Crippen molar-refractivity contribution in [1.29, 1.82) is 0 Å². The zero-order chi connectivity index (χ0) is 55.8. The lowest BCUT2D eigenvalue weighted by Gasteiger charge is -2.21. The van der Waals surface area contributed by atoms with Crippen molar-refractivity contribution in [2.45, 2.75) is 141 Å². The third-order valence-corrected chi connectivity index (χ3v) is 15.9. The van der Waals surface area contributed by atoms with Crippen LogP contribution in [0.25, 0.3) is 0 Å². The molecule has 4 N–H and O–H groups in total. The molecule has 2 amide bonds. The van der Waals surface area contributed by atoms with E-state index in [1.807, 2.05) is 12.5 Å². The molecule has 0 aliphatic carbocycles. The monoisotopic (exact) mass is 1150 g/mol. The average Bonchev–Trinajstić information content (AvgIpc) is 3.39. The van der Waals surface area contributed by atoms with Gasteiger partial charge in [0.15, 0.2) is 0 Å². The Morgan fingerprint density at radius 1 is 0.400 bits per heavy atom. The highest BCUT2D eigenvalue weighted by molar-refractivity contribution is 8.76. The molecule has 75 heavy (non-hydrogen) atoms. The van der Waals surface area contributed by atoms with Gasteiger partial charge in [-0.25, -0.2) is 14.4 Å². The van der Waals surface area contributed by atoms with Gasteiger partial charge in [-0.05, 0) is 139 Å². The van der Waals surface area contributed by atoms with E-state index in [2.05, 4.69) is 10.6 Å². The van der Waals surface area contributed by atoms with Gasteiger partial charge < -0.3 is 68.2 Å². The number of carboxylic acids is 2. The zero-order valence-corrected chi connectivity index (χ0v) is 50.7. The Morgan fingerprint density at radius 2 is 0.707 bits per heavy atom. The van der Waals surface area contributed by atoms with Crippen LogP contribution in [0.5, 0.6) is 0 Å². The highest BCUT2D eigenvalue weighted by Gasteiger charge is 2.22. The molecule has 22 heteroatoms. The number of methoxy groups -OCH3 is 6. The fraction of sp³-hybridized carbons (Fsp3) is 0.925. The molecule has 0 aromatic rings. The number of carboxylic acid groups (broad SMARTS) is 2. The molecular weight excluding hydrogens is 1050 g/mol. The second kappa shape index (κ2) is 58.9. The summed E-state index contributed by atoms with van der Waals surface area (Å²) in [5.74, 6) is -0.0550. The van der Waals surface area contributed by atoms with Gasteiger partial charge in [0.25, 0.3) is 0 Å². The molecule has 446 valence electrons. The number of aliphatic carboxylic acids is 2. The van der Waals surface area contributed by atoms with E-state index < -0.39 is 36.0 Å². The van der Waals surface area contributed by atoms with Gasteiger partial charge in [-0.15, -0.1) is 0 Å². The van der Waals surface area contributed by atoms with Crippen LogP contribution in [-0.2, 0) is 61.8 Å². The van der Waals surface area contributed by atoms with Crippen LogP contribution in [0, 0.1) is 23.7 Å².